The zero-order chi connectivity index (χ0) is 19.5. The molecule has 0 bridgehead atoms. The normalized spacial score (nSPS) is 16.8. The van der Waals surface area contributed by atoms with Crippen molar-refractivity contribution in [1.82, 2.24) is 14.5 Å². The minimum Gasteiger partial charge on any atom is -0.355 e. The molecule has 1 aromatic carbocycles. The van der Waals surface area contributed by atoms with Gasteiger partial charge in [0.15, 0.2) is 0 Å². The molecule has 1 aliphatic heterocycles. The summed E-state index contributed by atoms with van der Waals surface area (Å²) in [6.07, 6.45) is 0. The van der Waals surface area contributed by atoms with Gasteiger partial charge in [0, 0.05) is 32.7 Å². The van der Waals surface area contributed by atoms with Crippen LogP contribution in [0.1, 0.15) is 30.5 Å². The van der Waals surface area contributed by atoms with Gasteiger partial charge in [-0.3, -0.25) is 9.69 Å². The van der Waals surface area contributed by atoms with Gasteiger partial charge in [0.05, 0.1) is 11.4 Å². The molecule has 1 saturated heterocycles. The lowest BCUT2D eigenvalue weighted by atomic mass is 10.1. The second-order valence-electron chi connectivity index (χ2n) is 7.61. The Hall–Kier alpha value is -1.44. The number of aryl methyl sites for hydroxylation is 3. The molecule has 0 aliphatic carbocycles. The first-order chi connectivity index (χ1) is 12.1. The molecular weight excluding hydrogens is 350 g/mol. The molecule has 7 heteroatoms. The van der Waals surface area contributed by atoms with E-state index in [0.717, 1.165) is 16.7 Å². The van der Waals surface area contributed by atoms with Crippen LogP contribution in [0.2, 0.25) is 0 Å². The SMILES string of the molecule is Cc1cc(C)c(S(=O)(=O)N2CCN(CC(=O)NCC(C)C)CC2)c(C)c1. The highest BCUT2D eigenvalue weighted by Gasteiger charge is 2.31. The van der Waals surface area contributed by atoms with Crippen molar-refractivity contribution in [1.29, 1.82) is 0 Å². The monoisotopic (exact) mass is 381 g/mol. The Morgan fingerprint density at radius 2 is 1.62 bits per heavy atom. The third-order valence-electron chi connectivity index (χ3n) is 4.61. The van der Waals surface area contributed by atoms with Crippen LogP contribution in [0.4, 0.5) is 0 Å². The van der Waals surface area contributed by atoms with Gasteiger partial charge in [-0.2, -0.15) is 4.31 Å². The number of amides is 1. The van der Waals surface area contributed by atoms with Gasteiger partial charge in [-0.1, -0.05) is 31.5 Å². The number of carbonyl (C=O) groups excluding carboxylic acids is 1. The van der Waals surface area contributed by atoms with Gasteiger partial charge in [-0.05, 0) is 37.8 Å². The molecule has 0 atom stereocenters. The van der Waals surface area contributed by atoms with E-state index in [4.69, 9.17) is 0 Å². The standard InChI is InChI=1S/C19H31N3O3S/c1-14(2)12-20-18(23)13-21-6-8-22(9-7-21)26(24,25)19-16(4)10-15(3)11-17(19)5/h10-11,14H,6-9,12-13H2,1-5H3,(H,20,23). The smallest absolute Gasteiger partial charge is 0.243 e. The van der Waals surface area contributed by atoms with Crippen molar-refractivity contribution in [2.45, 2.75) is 39.5 Å². The van der Waals surface area contributed by atoms with Gasteiger partial charge in [-0.15, -0.1) is 0 Å². The van der Waals surface area contributed by atoms with Crippen LogP contribution in [0.5, 0.6) is 0 Å². The van der Waals surface area contributed by atoms with Crippen molar-refractivity contribution in [2.75, 3.05) is 39.3 Å². The minimum atomic E-state index is -3.51. The zero-order valence-corrected chi connectivity index (χ0v) is 17.3. The van der Waals surface area contributed by atoms with E-state index in [-0.39, 0.29) is 5.91 Å². The molecule has 0 saturated carbocycles. The molecule has 146 valence electrons. The van der Waals surface area contributed by atoms with Gasteiger partial charge in [0.25, 0.3) is 0 Å². The molecule has 0 aromatic heterocycles. The van der Waals surface area contributed by atoms with E-state index in [1.807, 2.05) is 37.8 Å². The van der Waals surface area contributed by atoms with Crippen molar-refractivity contribution < 1.29 is 13.2 Å². The Kier molecular flexibility index (Phi) is 6.82. The summed E-state index contributed by atoms with van der Waals surface area (Å²) < 4.78 is 27.7. The number of rotatable bonds is 6. The largest absolute Gasteiger partial charge is 0.355 e. The Morgan fingerprint density at radius 1 is 1.08 bits per heavy atom. The van der Waals surface area contributed by atoms with Crippen LogP contribution >= 0.6 is 0 Å². The molecule has 0 spiro atoms. The highest BCUT2D eigenvalue weighted by molar-refractivity contribution is 7.89. The first-order valence-electron chi connectivity index (χ1n) is 9.18. The lowest BCUT2D eigenvalue weighted by Gasteiger charge is -2.34. The Labute approximate surface area is 157 Å². The van der Waals surface area contributed by atoms with Crippen LogP contribution in [0.15, 0.2) is 17.0 Å². The van der Waals surface area contributed by atoms with E-state index < -0.39 is 10.0 Å². The van der Waals surface area contributed by atoms with E-state index in [9.17, 15) is 13.2 Å². The number of hydrogen-bond acceptors (Lipinski definition) is 4. The van der Waals surface area contributed by atoms with E-state index >= 15 is 0 Å². The highest BCUT2D eigenvalue weighted by Crippen LogP contribution is 2.26. The van der Waals surface area contributed by atoms with Gasteiger partial charge in [0.1, 0.15) is 0 Å². The summed E-state index contributed by atoms with van der Waals surface area (Å²) in [5.74, 6) is 0.419. The first-order valence-corrected chi connectivity index (χ1v) is 10.6. The molecule has 0 radical (unpaired) electrons. The van der Waals surface area contributed by atoms with Crippen LogP contribution in [0.25, 0.3) is 0 Å². The molecule has 1 aliphatic rings. The first kappa shape index (κ1) is 20.9. The molecule has 1 fully saturated rings. The maximum atomic E-state index is 13.1. The quantitative estimate of drug-likeness (QED) is 0.814. The molecule has 26 heavy (non-hydrogen) atoms. The molecule has 1 N–H and O–H groups in total. The maximum Gasteiger partial charge on any atom is 0.243 e. The summed E-state index contributed by atoms with van der Waals surface area (Å²) >= 11 is 0. The van der Waals surface area contributed by atoms with Gasteiger partial charge >= 0.3 is 0 Å². The van der Waals surface area contributed by atoms with Gasteiger partial charge < -0.3 is 5.32 Å². The van der Waals surface area contributed by atoms with E-state index in [1.165, 1.54) is 0 Å². The molecular formula is C19H31N3O3S. The number of carbonyl (C=O) groups is 1. The number of hydrogen-bond donors (Lipinski definition) is 1. The summed E-state index contributed by atoms with van der Waals surface area (Å²) in [7, 11) is -3.51. The predicted octanol–water partition coefficient (Wildman–Crippen LogP) is 1.69. The van der Waals surface area contributed by atoms with Gasteiger partial charge in [0.2, 0.25) is 15.9 Å². The fourth-order valence-electron chi connectivity index (χ4n) is 3.41. The van der Waals surface area contributed by atoms with Crippen LogP contribution in [-0.4, -0.2) is 62.8 Å². The molecule has 0 unspecified atom stereocenters. The second kappa shape index (κ2) is 8.50. The lowest BCUT2D eigenvalue weighted by molar-refractivity contribution is -0.122. The fourth-order valence-corrected chi connectivity index (χ4v) is 5.24. The zero-order valence-electron chi connectivity index (χ0n) is 16.5. The average molecular weight is 382 g/mol. The minimum absolute atomic E-state index is 0.000214. The topological polar surface area (TPSA) is 69.7 Å². The summed E-state index contributed by atoms with van der Waals surface area (Å²) in [5, 5.41) is 2.90. The fraction of sp³-hybridized carbons (Fsp3) is 0.632. The predicted molar refractivity (Wildman–Crippen MR) is 104 cm³/mol. The van der Waals surface area contributed by atoms with E-state index in [2.05, 4.69) is 19.2 Å². The number of benzene rings is 1. The second-order valence-corrected chi connectivity index (χ2v) is 9.48. The van der Waals surface area contributed by atoms with E-state index in [0.29, 0.717) is 50.1 Å². The van der Waals surface area contributed by atoms with Crippen LogP contribution in [-0.2, 0) is 14.8 Å². The highest BCUT2D eigenvalue weighted by atomic mass is 32.2. The number of nitrogens with one attached hydrogen (secondary N) is 1. The number of sulfonamides is 1. The summed E-state index contributed by atoms with van der Waals surface area (Å²) in [4.78, 5) is 14.4. The summed E-state index contributed by atoms with van der Waals surface area (Å²) in [6, 6.07) is 3.82. The average Bonchev–Trinajstić information content (AvgIpc) is 2.52. The van der Waals surface area contributed by atoms with Crippen LogP contribution in [0.3, 0.4) is 0 Å². The number of nitrogens with zero attached hydrogens (tertiary/aromatic N) is 2. The third-order valence-corrected chi connectivity index (χ3v) is 6.81. The maximum absolute atomic E-state index is 13.1. The van der Waals surface area contributed by atoms with Crippen molar-refractivity contribution >= 4 is 15.9 Å². The van der Waals surface area contributed by atoms with Crippen molar-refractivity contribution in [2.24, 2.45) is 5.92 Å². The summed E-state index contributed by atoms with van der Waals surface area (Å²) in [6.45, 7) is 12.7. The number of piperazine rings is 1. The molecule has 2 rings (SSSR count). The Morgan fingerprint density at radius 3 is 2.12 bits per heavy atom. The molecule has 1 heterocycles. The molecule has 1 aromatic rings. The third kappa shape index (κ3) is 5.05. The van der Waals surface area contributed by atoms with Crippen LogP contribution < -0.4 is 5.32 Å². The molecule has 1 amide bonds. The van der Waals surface area contributed by atoms with Crippen molar-refractivity contribution in [3.05, 3.63) is 28.8 Å². The molecule has 6 nitrogen and oxygen atoms in total. The van der Waals surface area contributed by atoms with Gasteiger partial charge in [-0.25, -0.2) is 8.42 Å². The lowest BCUT2D eigenvalue weighted by Crippen LogP contribution is -2.51. The Bertz CT molecular complexity index is 728. The van der Waals surface area contributed by atoms with Crippen molar-refractivity contribution in [3.8, 4) is 0 Å². The summed E-state index contributed by atoms with van der Waals surface area (Å²) in [5.41, 5.74) is 2.65. The Balaban J connectivity index is 2.00. The van der Waals surface area contributed by atoms with Crippen molar-refractivity contribution in [3.63, 3.8) is 0 Å². The van der Waals surface area contributed by atoms with E-state index in [1.54, 1.807) is 4.31 Å². The van der Waals surface area contributed by atoms with Crippen LogP contribution in [0, 0.1) is 26.7 Å².